The second kappa shape index (κ2) is 7.05. The first-order valence-electron chi connectivity index (χ1n) is 5.10. The lowest BCUT2D eigenvalue weighted by molar-refractivity contribution is 0.322. The minimum atomic E-state index is -0.304. The molecule has 1 atom stereocenters. The molecule has 1 aromatic carbocycles. The van der Waals surface area contributed by atoms with E-state index in [4.69, 9.17) is 19.8 Å². The molecule has 0 spiro atoms. The Balaban J connectivity index is 2.93. The fourth-order valence-electron chi connectivity index (χ4n) is 1.39. The highest BCUT2D eigenvalue weighted by atomic mass is 32.2. The fourth-order valence-corrected chi connectivity index (χ4v) is 2.15. The van der Waals surface area contributed by atoms with Gasteiger partial charge >= 0.3 is 0 Å². The molecule has 17 heavy (non-hydrogen) atoms. The van der Waals surface area contributed by atoms with Crippen LogP contribution in [0.5, 0.6) is 11.5 Å². The van der Waals surface area contributed by atoms with E-state index in [-0.39, 0.29) is 11.9 Å². The normalized spacial score (nSPS) is 11.6. The standard InChI is InChI=1S/C12H15NO3S/c1-15-10-4-3-9(7-11(10)16-2)12(8-13)17-6-5-14/h3-4,7,12,14H,5-6H2,1-2H3. The van der Waals surface area contributed by atoms with Crippen molar-refractivity contribution in [2.75, 3.05) is 26.6 Å². The highest BCUT2D eigenvalue weighted by Gasteiger charge is 2.13. The van der Waals surface area contributed by atoms with Crippen molar-refractivity contribution in [1.29, 1.82) is 5.26 Å². The largest absolute Gasteiger partial charge is 0.493 e. The molecule has 92 valence electrons. The van der Waals surface area contributed by atoms with E-state index in [1.54, 1.807) is 26.4 Å². The van der Waals surface area contributed by atoms with Gasteiger partial charge in [0.25, 0.3) is 0 Å². The van der Waals surface area contributed by atoms with Crippen LogP contribution in [0.2, 0.25) is 0 Å². The van der Waals surface area contributed by atoms with Crippen LogP contribution in [0.4, 0.5) is 0 Å². The first kappa shape index (κ1) is 13.7. The third kappa shape index (κ3) is 3.55. The van der Waals surface area contributed by atoms with E-state index in [1.807, 2.05) is 6.07 Å². The Morgan fingerprint density at radius 3 is 2.59 bits per heavy atom. The summed E-state index contributed by atoms with van der Waals surface area (Å²) < 4.78 is 10.3. The van der Waals surface area contributed by atoms with Crippen LogP contribution in [0.15, 0.2) is 18.2 Å². The molecule has 0 heterocycles. The highest BCUT2D eigenvalue weighted by molar-refractivity contribution is 7.99. The molecule has 0 aliphatic rings. The summed E-state index contributed by atoms with van der Waals surface area (Å²) in [4.78, 5) is 0. The van der Waals surface area contributed by atoms with Crippen LogP contribution < -0.4 is 9.47 Å². The van der Waals surface area contributed by atoms with E-state index in [0.29, 0.717) is 17.3 Å². The Bertz CT molecular complexity index is 403. The summed E-state index contributed by atoms with van der Waals surface area (Å²) in [5, 5.41) is 17.5. The summed E-state index contributed by atoms with van der Waals surface area (Å²) in [5.41, 5.74) is 0.851. The molecule has 0 fully saturated rings. The lowest BCUT2D eigenvalue weighted by Gasteiger charge is -2.12. The maximum Gasteiger partial charge on any atom is 0.161 e. The molecule has 0 saturated heterocycles. The van der Waals surface area contributed by atoms with Crippen LogP contribution >= 0.6 is 11.8 Å². The molecule has 0 bridgehead atoms. The molecule has 0 aromatic heterocycles. The van der Waals surface area contributed by atoms with Crippen LogP contribution in [0.1, 0.15) is 10.8 Å². The summed E-state index contributed by atoms with van der Waals surface area (Å²) in [7, 11) is 3.13. The summed E-state index contributed by atoms with van der Waals surface area (Å²) in [6.45, 7) is 0.0656. The lowest BCUT2D eigenvalue weighted by atomic mass is 10.1. The van der Waals surface area contributed by atoms with Crippen molar-refractivity contribution < 1.29 is 14.6 Å². The van der Waals surface area contributed by atoms with Crippen molar-refractivity contribution in [3.8, 4) is 17.6 Å². The van der Waals surface area contributed by atoms with E-state index >= 15 is 0 Å². The number of hydrogen-bond acceptors (Lipinski definition) is 5. The summed E-state index contributed by atoms with van der Waals surface area (Å²) in [6.07, 6.45) is 0. The quantitative estimate of drug-likeness (QED) is 0.840. The van der Waals surface area contributed by atoms with Gasteiger partial charge in [0.05, 0.1) is 26.9 Å². The minimum Gasteiger partial charge on any atom is -0.493 e. The van der Waals surface area contributed by atoms with Gasteiger partial charge in [-0.1, -0.05) is 6.07 Å². The number of benzene rings is 1. The number of methoxy groups -OCH3 is 2. The zero-order valence-corrected chi connectivity index (χ0v) is 10.7. The maximum absolute atomic E-state index is 9.07. The van der Waals surface area contributed by atoms with Crippen molar-refractivity contribution >= 4 is 11.8 Å². The van der Waals surface area contributed by atoms with Crippen LogP contribution in [0.3, 0.4) is 0 Å². The molecule has 0 radical (unpaired) electrons. The van der Waals surface area contributed by atoms with Gasteiger partial charge in [-0.15, -0.1) is 11.8 Å². The van der Waals surface area contributed by atoms with E-state index in [9.17, 15) is 0 Å². The zero-order valence-electron chi connectivity index (χ0n) is 9.84. The molecule has 0 aliphatic carbocycles. The van der Waals surface area contributed by atoms with Gasteiger partial charge < -0.3 is 14.6 Å². The zero-order chi connectivity index (χ0) is 12.7. The van der Waals surface area contributed by atoms with Crippen molar-refractivity contribution in [3.05, 3.63) is 23.8 Å². The molecule has 1 N–H and O–H groups in total. The SMILES string of the molecule is COc1ccc(C(C#N)SCCO)cc1OC. The number of aliphatic hydroxyl groups excluding tert-OH is 1. The van der Waals surface area contributed by atoms with Gasteiger partial charge in [-0.2, -0.15) is 5.26 Å². The summed E-state index contributed by atoms with van der Waals surface area (Å²) in [5.74, 6) is 1.78. The molecule has 1 unspecified atom stereocenters. The number of rotatable bonds is 6. The van der Waals surface area contributed by atoms with Crippen molar-refractivity contribution in [3.63, 3.8) is 0 Å². The monoisotopic (exact) mass is 253 g/mol. The van der Waals surface area contributed by atoms with Gasteiger partial charge in [-0.25, -0.2) is 0 Å². The smallest absolute Gasteiger partial charge is 0.161 e. The highest BCUT2D eigenvalue weighted by Crippen LogP contribution is 2.34. The molecule has 4 nitrogen and oxygen atoms in total. The Morgan fingerprint density at radius 2 is 2.06 bits per heavy atom. The average molecular weight is 253 g/mol. The Hall–Kier alpha value is -1.38. The molecule has 1 aromatic rings. The van der Waals surface area contributed by atoms with Crippen molar-refractivity contribution in [1.82, 2.24) is 0 Å². The molecular weight excluding hydrogens is 238 g/mol. The first-order chi connectivity index (χ1) is 8.26. The Morgan fingerprint density at radius 1 is 1.35 bits per heavy atom. The average Bonchev–Trinajstić information content (AvgIpc) is 2.39. The van der Waals surface area contributed by atoms with E-state index < -0.39 is 0 Å². The van der Waals surface area contributed by atoms with Crippen LogP contribution in [0, 0.1) is 11.3 Å². The molecule has 0 saturated carbocycles. The number of thioether (sulfide) groups is 1. The summed E-state index contributed by atoms with van der Waals surface area (Å²) >= 11 is 1.40. The van der Waals surface area contributed by atoms with E-state index in [0.717, 1.165) is 5.56 Å². The second-order valence-electron chi connectivity index (χ2n) is 3.22. The number of aliphatic hydroxyl groups is 1. The van der Waals surface area contributed by atoms with E-state index in [1.165, 1.54) is 11.8 Å². The van der Waals surface area contributed by atoms with Crippen LogP contribution in [0.25, 0.3) is 0 Å². The van der Waals surface area contributed by atoms with Gasteiger partial charge in [0.2, 0.25) is 0 Å². The van der Waals surface area contributed by atoms with Crippen molar-refractivity contribution in [2.24, 2.45) is 0 Å². The fraction of sp³-hybridized carbons (Fsp3) is 0.417. The number of hydrogen-bond donors (Lipinski definition) is 1. The van der Waals surface area contributed by atoms with Crippen LogP contribution in [-0.2, 0) is 0 Å². The number of nitrogens with zero attached hydrogens (tertiary/aromatic N) is 1. The Labute approximate surface area is 105 Å². The maximum atomic E-state index is 9.07. The van der Waals surface area contributed by atoms with Crippen LogP contribution in [-0.4, -0.2) is 31.7 Å². The third-order valence-corrected chi connectivity index (χ3v) is 3.33. The van der Waals surface area contributed by atoms with Gasteiger partial charge in [0.15, 0.2) is 11.5 Å². The van der Waals surface area contributed by atoms with Gasteiger partial charge in [0.1, 0.15) is 5.25 Å². The molecule has 5 heteroatoms. The summed E-state index contributed by atoms with van der Waals surface area (Å²) in [6, 6.07) is 7.59. The molecular formula is C12H15NO3S. The predicted molar refractivity (Wildman–Crippen MR) is 67.4 cm³/mol. The lowest BCUT2D eigenvalue weighted by Crippen LogP contribution is -1.97. The molecule has 0 aliphatic heterocycles. The Kier molecular flexibility index (Phi) is 5.67. The minimum absolute atomic E-state index is 0.0656. The number of ether oxygens (including phenoxy) is 2. The molecule has 1 rings (SSSR count). The number of nitriles is 1. The predicted octanol–water partition coefficient (Wildman–Crippen LogP) is 1.99. The van der Waals surface area contributed by atoms with Crippen molar-refractivity contribution in [2.45, 2.75) is 5.25 Å². The topological polar surface area (TPSA) is 62.5 Å². The first-order valence-corrected chi connectivity index (χ1v) is 6.15. The van der Waals surface area contributed by atoms with Gasteiger partial charge in [-0.3, -0.25) is 0 Å². The second-order valence-corrected chi connectivity index (χ2v) is 4.43. The molecule has 0 amide bonds. The van der Waals surface area contributed by atoms with Gasteiger partial charge in [0, 0.05) is 5.75 Å². The third-order valence-electron chi connectivity index (χ3n) is 2.20. The van der Waals surface area contributed by atoms with Gasteiger partial charge in [-0.05, 0) is 17.7 Å². The van der Waals surface area contributed by atoms with E-state index in [2.05, 4.69) is 6.07 Å².